The summed E-state index contributed by atoms with van der Waals surface area (Å²) in [6.07, 6.45) is 0. The number of fused-ring (bicyclic) bond motifs is 1. The maximum absolute atomic E-state index is 11.9. The van der Waals surface area contributed by atoms with E-state index in [1.807, 2.05) is 0 Å². The summed E-state index contributed by atoms with van der Waals surface area (Å²) in [6.45, 7) is 0.466. The number of amides is 2. The lowest BCUT2D eigenvalue weighted by Crippen LogP contribution is -2.37. The molecule has 0 saturated carbocycles. The van der Waals surface area contributed by atoms with Crippen LogP contribution in [0.25, 0.3) is 10.8 Å². The maximum Gasteiger partial charge on any atom is 0.313 e. The van der Waals surface area contributed by atoms with Crippen molar-refractivity contribution in [3.05, 3.63) is 36.4 Å². The van der Waals surface area contributed by atoms with Crippen LogP contribution in [0.1, 0.15) is 0 Å². The number of rotatable bonds is 6. The van der Waals surface area contributed by atoms with Gasteiger partial charge in [0.25, 0.3) is 0 Å². The number of ether oxygens (including phenoxy) is 1. The predicted octanol–water partition coefficient (Wildman–Crippen LogP) is 0.609. The Morgan fingerprint density at radius 1 is 1.00 bits per heavy atom. The molecule has 0 spiro atoms. The molecule has 2 aromatic carbocycles. The summed E-state index contributed by atoms with van der Waals surface area (Å²) in [4.78, 5) is 23.6. The normalized spacial score (nSPS) is 10.5. The lowest BCUT2D eigenvalue weighted by molar-refractivity contribution is -0.136. The molecule has 0 heterocycles. The summed E-state index contributed by atoms with van der Waals surface area (Å²) in [7, 11) is 0. The third-order valence-electron chi connectivity index (χ3n) is 3.12. The predicted molar refractivity (Wildman–Crippen MR) is 85.2 cm³/mol. The van der Waals surface area contributed by atoms with Gasteiger partial charge < -0.3 is 25.6 Å². The molecule has 0 aliphatic carbocycles. The summed E-state index contributed by atoms with van der Waals surface area (Å²) >= 11 is 0. The molecule has 7 heteroatoms. The van der Waals surface area contributed by atoms with Gasteiger partial charge in [-0.2, -0.15) is 0 Å². The molecular formula is C16H18N2O5. The first-order valence-electron chi connectivity index (χ1n) is 7.12. The number of phenols is 1. The molecule has 0 atom stereocenters. The maximum atomic E-state index is 11.9. The molecule has 0 fully saturated rings. The molecule has 122 valence electrons. The van der Waals surface area contributed by atoms with Crippen LogP contribution in [0.5, 0.6) is 5.75 Å². The van der Waals surface area contributed by atoms with Gasteiger partial charge in [0.05, 0.1) is 19.8 Å². The number of benzene rings is 2. The van der Waals surface area contributed by atoms with E-state index >= 15 is 0 Å². The van der Waals surface area contributed by atoms with E-state index in [2.05, 4.69) is 10.6 Å². The first kappa shape index (κ1) is 16.7. The topological polar surface area (TPSA) is 108 Å². The molecule has 0 saturated heterocycles. The van der Waals surface area contributed by atoms with Crippen LogP contribution in [0.4, 0.5) is 5.69 Å². The first-order valence-corrected chi connectivity index (χ1v) is 7.12. The number of aliphatic hydroxyl groups excluding tert-OH is 1. The SMILES string of the molecule is O=C(NCCOCCO)C(=O)Nc1cccc2c(O)cccc12. The summed E-state index contributed by atoms with van der Waals surface area (Å²) in [5.74, 6) is -1.48. The van der Waals surface area contributed by atoms with Gasteiger partial charge in [0.2, 0.25) is 0 Å². The Balaban J connectivity index is 1.98. The van der Waals surface area contributed by atoms with Crippen LogP contribution in [-0.2, 0) is 14.3 Å². The number of nitrogens with one attached hydrogen (secondary N) is 2. The highest BCUT2D eigenvalue weighted by Crippen LogP contribution is 2.29. The van der Waals surface area contributed by atoms with Gasteiger partial charge in [0.15, 0.2) is 0 Å². The second-order valence-corrected chi connectivity index (χ2v) is 4.72. The van der Waals surface area contributed by atoms with Crippen molar-refractivity contribution in [3.8, 4) is 5.75 Å². The molecule has 2 aromatic rings. The summed E-state index contributed by atoms with van der Waals surface area (Å²) in [6, 6.07) is 10.00. The molecule has 7 nitrogen and oxygen atoms in total. The van der Waals surface area contributed by atoms with Gasteiger partial charge in [-0.15, -0.1) is 0 Å². The minimum atomic E-state index is -0.803. The minimum Gasteiger partial charge on any atom is -0.507 e. The van der Waals surface area contributed by atoms with Gasteiger partial charge in [0.1, 0.15) is 5.75 Å². The Morgan fingerprint density at radius 2 is 1.74 bits per heavy atom. The Bertz CT molecular complexity index is 702. The third kappa shape index (κ3) is 4.41. The highest BCUT2D eigenvalue weighted by molar-refractivity contribution is 6.40. The average Bonchev–Trinajstić information content (AvgIpc) is 2.55. The van der Waals surface area contributed by atoms with E-state index < -0.39 is 11.8 Å². The molecule has 0 unspecified atom stereocenters. The second kappa shape index (κ2) is 8.11. The summed E-state index contributed by atoms with van der Waals surface area (Å²) in [5, 5.41) is 24.5. The number of carbonyl (C=O) groups excluding carboxylic acids is 2. The third-order valence-corrected chi connectivity index (χ3v) is 3.12. The fourth-order valence-corrected chi connectivity index (χ4v) is 2.07. The van der Waals surface area contributed by atoms with Crippen molar-refractivity contribution in [2.45, 2.75) is 0 Å². The average molecular weight is 318 g/mol. The van der Waals surface area contributed by atoms with Crippen LogP contribution in [0.15, 0.2) is 36.4 Å². The molecular weight excluding hydrogens is 300 g/mol. The Hall–Kier alpha value is -2.64. The Kier molecular flexibility index (Phi) is 5.90. The van der Waals surface area contributed by atoms with Crippen LogP contribution >= 0.6 is 0 Å². The summed E-state index contributed by atoms with van der Waals surface area (Å²) < 4.78 is 4.98. The van der Waals surface area contributed by atoms with E-state index in [4.69, 9.17) is 9.84 Å². The lowest BCUT2D eigenvalue weighted by Gasteiger charge is -2.10. The van der Waals surface area contributed by atoms with Crippen molar-refractivity contribution >= 4 is 28.3 Å². The molecule has 2 amide bonds. The van der Waals surface area contributed by atoms with E-state index in [1.54, 1.807) is 36.4 Å². The van der Waals surface area contributed by atoms with Gasteiger partial charge in [0, 0.05) is 23.0 Å². The van der Waals surface area contributed by atoms with Gasteiger partial charge >= 0.3 is 11.8 Å². The lowest BCUT2D eigenvalue weighted by atomic mass is 10.1. The van der Waals surface area contributed by atoms with Crippen molar-refractivity contribution in [2.24, 2.45) is 0 Å². The van der Waals surface area contributed by atoms with E-state index in [-0.39, 0.29) is 32.1 Å². The van der Waals surface area contributed by atoms with Crippen molar-refractivity contribution in [1.82, 2.24) is 5.32 Å². The number of hydrogen-bond acceptors (Lipinski definition) is 5. The number of hydrogen-bond donors (Lipinski definition) is 4. The monoisotopic (exact) mass is 318 g/mol. The molecule has 23 heavy (non-hydrogen) atoms. The molecule has 0 aromatic heterocycles. The molecule has 4 N–H and O–H groups in total. The molecule has 0 bridgehead atoms. The van der Waals surface area contributed by atoms with Gasteiger partial charge in [-0.1, -0.05) is 24.3 Å². The largest absolute Gasteiger partial charge is 0.507 e. The first-order chi connectivity index (χ1) is 11.1. The van der Waals surface area contributed by atoms with E-state index in [0.717, 1.165) is 0 Å². The Labute approximate surface area is 132 Å². The van der Waals surface area contributed by atoms with Crippen LogP contribution < -0.4 is 10.6 Å². The second-order valence-electron chi connectivity index (χ2n) is 4.72. The van der Waals surface area contributed by atoms with E-state index in [0.29, 0.717) is 16.5 Å². The van der Waals surface area contributed by atoms with Crippen molar-refractivity contribution < 1.29 is 24.5 Å². The van der Waals surface area contributed by atoms with E-state index in [1.165, 1.54) is 0 Å². The van der Waals surface area contributed by atoms with Crippen molar-refractivity contribution in [3.63, 3.8) is 0 Å². The quantitative estimate of drug-likeness (QED) is 0.461. The zero-order valence-corrected chi connectivity index (χ0v) is 12.4. The molecule has 0 aliphatic rings. The van der Waals surface area contributed by atoms with E-state index in [9.17, 15) is 14.7 Å². The number of aliphatic hydroxyl groups is 1. The van der Waals surface area contributed by atoms with Crippen molar-refractivity contribution in [2.75, 3.05) is 31.7 Å². The molecule has 2 rings (SSSR count). The van der Waals surface area contributed by atoms with Crippen LogP contribution in [0.2, 0.25) is 0 Å². The Morgan fingerprint density at radius 3 is 2.52 bits per heavy atom. The van der Waals surface area contributed by atoms with Gasteiger partial charge in [-0.3, -0.25) is 9.59 Å². The van der Waals surface area contributed by atoms with Crippen LogP contribution in [0, 0.1) is 0 Å². The van der Waals surface area contributed by atoms with Crippen LogP contribution in [-0.4, -0.2) is 48.4 Å². The fourth-order valence-electron chi connectivity index (χ4n) is 2.07. The zero-order valence-electron chi connectivity index (χ0n) is 12.4. The number of aromatic hydroxyl groups is 1. The minimum absolute atomic E-state index is 0.0949. The molecule has 0 radical (unpaired) electrons. The highest BCUT2D eigenvalue weighted by atomic mass is 16.5. The highest BCUT2D eigenvalue weighted by Gasteiger charge is 2.14. The fraction of sp³-hybridized carbons (Fsp3) is 0.250. The zero-order chi connectivity index (χ0) is 16.7. The number of carbonyl (C=O) groups is 2. The smallest absolute Gasteiger partial charge is 0.313 e. The van der Waals surface area contributed by atoms with Gasteiger partial charge in [-0.25, -0.2) is 0 Å². The number of anilines is 1. The van der Waals surface area contributed by atoms with Crippen molar-refractivity contribution in [1.29, 1.82) is 0 Å². The molecule has 0 aliphatic heterocycles. The number of phenolic OH excluding ortho intramolecular Hbond substituents is 1. The standard InChI is InChI=1S/C16H18N2O5/c19-8-10-23-9-7-17-15(21)16(22)18-13-5-1-4-12-11(13)3-2-6-14(12)20/h1-6,19-20H,7-10H2,(H,17,21)(H,18,22). The van der Waals surface area contributed by atoms with Gasteiger partial charge in [-0.05, 0) is 12.1 Å². The summed E-state index contributed by atoms with van der Waals surface area (Å²) in [5.41, 5.74) is 0.440. The van der Waals surface area contributed by atoms with Crippen LogP contribution in [0.3, 0.4) is 0 Å².